The maximum atomic E-state index is 12.3. The van der Waals surface area contributed by atoms with Crippen molar-refractivity contribution in [2.75, 3.05) is 11.9 Å². The first kappa shape index (κ1) is 20.7. The van der Waals surface area contributed by atoms with Gasteiger partial charge in [-0.25, -0.2) is 9.97 Å². The zero-order chi connectivity index (χ0) is 22.2. The average molecular weight is 452 g/mol. The highest BCUT2D eigenvalue weighted by atomic mass is 32.1. The first-order valence-electron chi connectivity index (χ1n) is 10.9. The molecule has 166 valence electrons. The van der Waals surface area contributed by atoms with Gasteiger partial charge in [-0.1, -0.05) is 0 Å². The molecular weight excluding hydrogens is 426 g/mol. The van der Waals surface area contributed by atoms with Crippen LogP contribution in [-0.2, 0) is 22.4 Å². The van der Waals surface area contributed by atoms with Crippen LogP contribution in [0.3, 0.4) is 0 Å². The van der Waals surface area contributed by atoms with Crippen molar-refractivity contribution in [1.82, 2.24) is 20.2 Å². The van der Waals surface area contributed by atoms with Gasteiger partial charge in [-0.05, 0) is 51.7 Å². The number of anilines is 2. The smallest absolute Gasteiger partial charge is 0.309 e. The Morgan fingerprint density at radius 1 is 1.34 bits per heavy atom. The van der Waals surface area contributed by atoms with Gasteiger partial charge in [0.2, 0.25) is 0 Å². The lowest BCUT2D eigenvalue weighted by atomic mass is 9.88. The fourth-order valence-electron chi connectivity index (χ4n) is 4.21. The van der Waals surface area contributed by atoms with Gasteiger partial charge < -0.3 is 14.8 Å². The monoisotopic (exact) mass is 451 g/mol. The van der Waals surface area contributed by atoms with Crippen LogP contribution in [0.15, 0.2) is 24.7 Å². The third kappa shape index (κ3) is 3.77. The lowest BCUT2D eigenvalue weighted by molar-refractivity contribution is -0.148. The van der Waals surface area contributed by atoms with E-state index in [1.807, 2.05) is 32.9 Å². The second kappa shape index (κ2) is 8.38. The zero-order valence-electron chi connectivity index (χ0n) is 18.3. The van der Waals surface area contributed by atoms with E-state index in [0.29, 0.717) is 13.0 Å². The highest BCUT2D eigenvalue weighted by Gasteiger charge is 2.30. The van der Waals surface area contributed by atoms with Crippen LogP contribution in [0.5, 0.6) is 5.75 Å². The summed E-state index contributed by atoms with van der Waals surface area (Å²) in [7, 11) is 0. The molecule has 1 aliphatic rings. The predicted molar refractivity (Wildman–Crippen MR) is 125 cm³/mol. The molecule has 0 radical (unpaired) electrons. The summed E-state index contributed by atoms with van der Waals surface area (Å²) in [5.74, 6) is 1.28. The number of ether oxygens (including phenoxy) is 2. The van der Waals surface area contributed by atoms with Crippen molar-refractivity contribution in [3.63, 3.8) is 0 Å². The Labute approximate surface area is 189 Å². The zero-order valence-corrected chi connectivity index (χ0v) is 19.1. The summed E-state index contributed by atoms with van der Waals surface area (Å²) in [5.41, 5.74) is 2.97. The van der Waals surface area contributed by atoms with Gasteiger partial charge in [-0.2, -0.15) is 5.10 Å². The number of aryl methyl sites for hydroxylation is 1. The quantitative estimate of drug-likeness (QED) is 0.407. The third-order valence-electron chi connectivity index (χ3n) is 5.62. The molecule has 1 aromatic carbocycles. The maximum Gasteiger partial charge on any atom is 0.309 e. The number of thiophene rings is 1. The minimum atomic E-state index is -0.107. The number of benzene rings is 1. The van der Waals surface area contributed by atoms with Crippen LogP contribution in [0, 0.1) is 5.92 Å². The van der Waals surface area contributed by atoms with Crippen LogP contribution in [0.4, 0.5) is 11.5 Å². The van der Waals surface area contributed by atoms with E-state index in [0.717, 1.165) is 51.2 Å². The van der Waals surface area contributed by atoms with Gasteiger partial charge in [-0.3, -0.25) is 9.89 Å². The van der Waals surface area contributed by atoms with Crippen molar-refractivity contribution in [2.24, 2.45) is 5.92 Å². The minimum Gasteiger partial charge on any atom is -0.489 e. The molecule has 1 atom stereocenters. The van der Waals surface area contributed by atoms with Crippen LogP contribution in [-0.4, -0.2) is 38.8 Å². The summed E-state index contributed by atoms with van der Waals surface area (Å²) in [4.78, 5) is 23.5. The Hall–Kier alpha value is -3.20. The summed E-state index contributed by atoms with van der Waals surface area (Å²) in [6, 6.07) is 3.97. The Morgan fingerprint density at radius 2 is 2.22 bits per heavy atom. The molecule has 3 aromatic heterocycles. The highest BCUT2D eigenvalue weighted by Crippen LogP contribution is 2.42. The van der Waals surface area contributed by atoms with Crippen LogP contribution >= 0.6 is 11.3 Å². The van der Waals surface area contributed by atoms with Crippen LogP contribution in [0.2, 0.25) is 0 Å². The summed E-state index contributed by atoms with van der Waals surface area (Å²) in [6.07, 6.45) is 5.66. The molecule has 0 saturated heterocycles. The van der Waals surface area contributed by atoms with Crippen molar-refractivity contribution in [2.45, 2.75) is 46.1 Å². The molecule has 0 unspecified atom stereocenters. The lowest BCUT2D eigenvalue weighted by Gasteiger charge is -2.21. The molecule has 0 spiro atoms. The molecule has 0 saturated carbocycles. The van der Waals surface area contributed by atoms with E-state index in [1.54, 1.807) is 23.9 Å². The van der Waals surface area contributed by atoms with E-state index in [2.05, 4.69) is 25.5 Å². The number of hydrogen-bond donors (Lipinski definition) is 2. The molecule has 32 heavy (non-hydrogen) atoms. The Morgan fingerprint density at radius 3 is 3.03 bits per heavy atom. The number of aromatic nitrogens is 4. The number of nitrogens with one attached hydrogen (secondary N) is 2. The first-order chi connectivity index (χ1) is 15.5. The van der Waals surface area contributed by atoms with Crippen LogP contribution in [0.1, 0.15) is 37.6 Å². The molecule has 0 amide bonds. The molecule has 5 rings (SSSR count). The van der Waals surface area contributed by atoms with Crippen LogP contribution < -0.4 is 10.1 Å². The number of H-pyrrole nitrogens is 1. The van der Waals surface area contributed by atoms with Gasteiger partial charge >= 0.3 is 5.97 Å². The largest absolute Gasteiger partial charge is 0.489 e. The molecule has 0 bridgehead atoms. The van der Waals surface area contributed by atoms with Gasteiger partial charge in [-0.15, -0.1) is 11.3 Å². The van der Waals surface area contributed by atoms with E-state index >= 15 is 0 Å². The van der Waals surface area contributed by atoms with Gasteiger partial charge in [0.1, 0.15) is 22.7 Å². The van der Waals surface area contributed by atoms with Crippen molar-refractivity contribution in [1.29, 1.82) is 0 Å². The molecular formula is C23H25N5O3S. The third-order valence-corrected chi connectivity index (χ3v) is 6.78. The average Bonchev–Trinajstić information content (AvgIpc) is 3.37. The SMILES string of the molecule is CCOC(=O)[C@H]1CCc2c(sc3ncnc(Nc4cc5cn[nH]c5cc4OC(C)C)c23)C1. The molecule has 2 N–H and O–H groups in total. The summed E-state index contributed by atoms with van der Waals surface area (Å²) >= 11 is 1.64. The number of rotatable bonds is 6. The standard InChI is InChI=1S/C23H25N5O3S/c1-4-30-23(29)13-5-6-15-19(8-13)32-22-20(15)21(24-11-25-22)27-17-7-14-10-26-28-16(14)9-18(17)31-12(2)3/h7,9-13H,4-6,8H2,1-3H3,(H,26,28)(H,24,25,27)/t13-/m0/s1. The van der Waals surface area contributed by atoms with E-state index in [-0.39, 0.29) is 18.0 Å². The number of aromatic amines is 1. The second-order valence-corrected chi connectivity index (χ2v) is 9.28. The Balaban J connectivity index is 1.53. The van der Waals surface area contributed by atoms with E-state index < -0.39 is 0 Å². The number of hydrogen-bond acceptors (Lipinski definition) is 8. The number of fused-ring (bicyclic) bond motifs is 4. The molecule has 3 heterocycles. The summed E-state index contributed by atoms with van der Waals surface area (Å²) < 4.78 is 11.3. The molecule has 8 nitrogen and oxygen atoms in total. The molecule has 0 fully saturated rings. The normalized spacial score (nSPS) is 15.8. The number of carbonyl (C=O) groups is 1. The van der Waals surface area contributed by atoms with Gasteiger partial charge in [0.05, 0.1) is 41.4 Å². The van der Waals surface area contributed by atoms with Crippen molar-refractivity contribution >= 4 is 49.9 Å². The van der Waals surface area contributed by atoms with Crippen molar-refractivity contribution < 1.29 is 14.3 Å². The van der Waals surface area contributed by atoms with Gasteiger partial charge in [0.25, 0.3) is 0 Å². The molecule has 9 heteroatoms. The fraction of sp³-hybridized carbons (Fsp3) is 0.391. The van der Waals surface area contributed by atoms with Gasteiger partial charge in [0, 0.05) is 16.3 Å². The Bertz CT molecular complexity index is 1300. The summed E-state index contributed by atoms with van der Waals surface area (Å²) in [5, 5.41) is 12.6. The first-order valence-corrected chi connectivity index (χ1v) is 11.7. The topological polar surface area (TPSA) is 102 Å². The second-order valence-electron chi connectivity index (χ2n) is 8.20. The summed E-state index contributed by atoms with van der Waals surface area (Å²) in [6.45, 7) is 6.26. The van der Waals surface area contributed by atoms with Crippen molar-refractivity contribution in [3.8, 4) is 5.75 Å². The molecule has 1 aliphatic carbocycles. The highest BCUT2D eigenvalue weighted by molar-refractivity contribution is 7.19. The molecule has 0 aliphatic heterocycles. The minimum absolute atomic E-state index is 0.0232. The van der Waals surface area contributed by atoms with E-state index in [9.17, 15) is 4.79 Å². The fourth-order valence-corrected chi connectivity index (χ4v) is 5.48. The van der Waals surface area contributed by atoms with E-state index in [4.69, 9.17) is 9.47 Å². The Kier molecular flexibility index (Phi) is 5.42. The van der Waals surface area contributed by atoms with Crippen molar-refractivity contribution in [3.05, 3.63) is 35.1 Å². The number of nitrogens with zero attached hydrogens (tertiary/aromatic N) is 3. The van der Waals surface area contributed by atoms with E-state index in [1.165, 1.54) is 10.4 Å². The van der Waals surface area contributed by atoms with Gasteiger partial charge in [0.15, 0.2) is 0 Å². The predicted octanol–water partition coefficient (Wildman–Crippen LogP) is 4.77. The number of carbonyl (C=O) groups excluding carboxylic acids is 1. The van der Waals surface area contributed by atoms with Crippen LogP contribution in [0.25, 0.3) is 21.1 Å². The number of esters is 1. The lowest BCUT2D eigenvalue weighted by Crippen LogP contribution is -2.23. The molecule has 4 aromatic rings. The maximum absolute atomic E-state index is 12.3.